The predicted molar refractivity (Wildman–Crippen MR) is 66.8 cm³/mol. The van der Waals surface area contributed by atoms with E-state index in [4.69, 9.17) is 5.26 Å². The molecule has 0 amide bonds. The lowest BCUT2D eigenvalue weighted by Crippen LogP contribution is -2.11. The molecule has 0 atom stereocenters. The van der Waals surface area contributed by atoms with Gasteiger partial charge in [-0.05, 0) is 12.1 Å². The highest BCUT2D eigenvalue weighted by atomic mass is 16.5. The van der Waals surface area contributed by atoms with E-state index >= 15 is 0 Å². The minimum Gasteiger partial charge on any atom is -0.464 e. The number of aromatic nitrogens is 3. The van der Waals surface area contributed by atoms with Gasteiger partial charge in [0.25, 0.3) is 0 Å². The number of rotatable bonds is 4. The van der Waals surface area contributed by atoms with Crippen molar-refractivity contribution < 1.29 is 14.3 Å². The Bertz CT molecular complexity index is 682. The van der Waals surface area contributed by atoms with Gasteiger partial charge in [-0.15, -0.1) is 5.10 Å². The second-order valence-electron chi connectivity index (χ2n) is 3.91. The second-order valence-corrected chi connectivity index (χ2v) is 3.91. The maximum absolute atomic E-state index is 12.0. The van der Waals surface area contributed by atoms with Gasteiger partial charge in [-0.2, -0.15) is 5.26 Å². The maximum Gasteiger partial charge on any atom is 0.360 e. The van der Waals surface area contributed by atoms with E-state index in [1.54, 1.807) is 24.3 Å². The van der Waals surface area contributed by atoms with Crippen LogP contribution >= 0.6 is 0 Å². The van der Waals surface area contributed by atoms with Crippen molar-refractivity contribution in [1.82, 2.24) is 15.0 Å². The molecule has 0 aliphatic heterocycles. The van der Waals surface area contributed by atoms with Crippen molar-refractivity contribution in [3.05, 3.63) is 47.3 Å². The van der Waals surface area contributed by atoms with Gasteiger partial charge in [0.05, 0.1) is 24.9 Å². The third-order valence-electron chi connectivity index (χ3n) is 2.57. The number of nitriles is 1. The van der Waals surface area contributed by atoms with E-state index in [0.29, 0.717) is 11.1 Å². The van der Waals surface area contributed by atoms with E-state index in [1.165, 1.54) is 18.0 Å². The average Bonchev–Trinajstić information content (AvgIpc) is 2.95. The predicted octanol–water partition coefficient (Wildman–Crippen LogP) is 0.819. The van der Waals surface area contributed by atoms with Crippen molar-refractivity contribution in [2.75, 3.05) is 7.11 Å². The van der Waals surface area contributed by atoms with E-state index in [2.05, 4.69) is 15.0 Å². The zero-order valence-corrected chi connectivity index (χ0v) is 10.6. The van der Waals surface area contributed by atoms with E-state index < -0.39 is 5.97 Å². The van der Waals surface area contributed by atoms with Crippen molar-refractivity contribution in [2.45, 2.75) is 6.54 Å². The average molecular weight is 270 g/mol. The molecular formula is C13H10N4O3. The van der Waals surface area contributed by atoms with Crippen LogP contribution in [0.3, 0.4) is 0 Å². The zero-order chi connectivity index (χ0) is 14.5. The molecule has 2 rings (SSSR count). The molecule has 0 bridgehead atoms. The smallest absolute Gasteiger partial charge is 0.360 e. The van der Waals surface area contributed by atoms with Gasteiger partial charge in [0.15, 0.2) is 11.5 Å². The van der Waals surface area contributed by atoms with E-state index in [-0.39, 0.29) is 18.0 Å². The summed E-state index contributed by atoms with van der Waals surface area (Å²) in [5.74, 6) is -0.808. The molecule has 0 radical (unpaired) electrons. The molecule has 0 saturated heterocycles. The van der Waals surface area contributed by atoms with Crippen LogP contribution in [0, 0.1) is 11.3 Å². The van der Waals surface area contributed by atoms with Gasteiger partial charge >= 0.3 is 5.97 Å². The molecule has 2 aromatic rings. The van der Waals surface area contributed by atoms with Crippen LogP contribution in [0.15, 0.2) is 30.5 Å². The Morgan fingerprint density at radius 1 is 1.35 bits per heavy atom. The summed E-state index contributed by atoms with van der Waals surface area (Å²) >= 11 is 0. The van der Waals surface area contributed by atoms with Gasteiger partial charge < -0.3 is 4.74 Å². The summed E-state index contributed by atoms with van der Waals surface area (Å²) < 4.78 is 5.75. The third kappa shape index (κ3) is 2.87. The SMILES string of the molecule is COC(=O)c1cn(CC(=O)c2ccc(C#N)cc2)nn1. The Balaban J connectivity index is 2.09. The van der Waals surface area contributed by atoms with E-state index in [1.807, 2.05) is 6.07 Å². The first-order valence-corrected chi connectivity index (χ1v) is 5.66. The van der Waals surface area contributed by atoms with Crippen molar-refractivity contribution in [3.8, 4) is 6.07 Å². The number of methoxy groups -OCH3 is 1. The molecular weight excluding hydrogens is 260 g/mol. The van der Waals surface area contributed by atoms with Gasteiger partial charge in [0.1, 0.15) is 6.54 Å². The van der Waals surface area contributed by atoms with Gasteiger partial charge in [0, 0.05) is 5.56 Å². The molecule has 7 heteroatoms. The molecule has 0 aliphatic rings. The number of Topliss-reactive ketones (excluding diaryl/α,β-unsaturated/α-hetero) is 1. The maximum atomic E-state index is 12.0. The van der Waals surface area contributed by atoms with Crippen LogP contribution in [0.5, 0.6) is 0 Å². The number of benzene rings is 1. The number of hydrogen-bond acceptors (Lipinski definition) is 6. The van der Waals surface area contributed by atoms with Crippen molar-refractivity contribution in [2.24, 2.45) is 0 Å². The molecule has 7 nitrogen and oxygen atoms in total. The molecule has 1 aromatic heterocycles. The summed E-state index contributed by atoms with van der Waals surface area (Å²) in [6, 6.07) is 8.24. The van der Waals surface area contributed by atoms with Crippen LogP contribution in [-0.2, 0) is 11.3 Å². The first-order chi connectivity index (χ1) is 9.63. The molecule has 20 heavy (non-hydrogen) atoms. The molecule has 1 heterocycles. The standard InChI is InChI=1S/C13H10N4O3/c1-20-13(19)11-7-17(16-15-11)8-12(18)10-4-2-9(6-14)3-5-10/h2-5,7H,8H2,1H3. The van der Waals surface area contributed by atoms with Crippen LogP contribution in [-0.4, -0.2) is 33.9 Å². The van der Waals surface area contributed by atoms with E-state index in [0.717, 1.165) is 0 Å². The quantitative estimate of drug-likeness (QED) is 0.602. The largest absolute Gasteiger partial charge is 0.464 e. The van der Waals surface area contributed by atoms with Gasteiger partial charge in [-0.1, -0.05) is 17.3 Å². The highest BCUT2D eigenvalue weighted by molar-refractivity contribution is 5.96. The summed E-state index contributed by atoms with van der Waals surface area (Å²) in [4.78, 5) is 23.2. The molecule has 0 unspecified atom stereocenters. The highest BCUT2D eigenvalue weighted by Crippen LogP contribution is 2.06. The lowest BCUT2D eigenvalue weighted by atomic mass is 10.1. The Labute approximate surface area is 114 Å². The van der Waals surface area contributed by atoms with Crippen LogP contribution < -0.4 is 0 Å². The number of ether oxygens (including phenoxy) is 1. The Kier molecular flexibility index (Phi) is 3.86. The fraction of sp³-hybridized carbons (Fsp3) is 0.154. The van der Waals surface area contributed by atoms with Crippen molar-refractivity contribution in [1.29, 1.82) is 5.26 Å². The third-order valence-corrected chi connectivity index (χ3v) is 2.57. The summed E-state index contributed by atoms with van der Waals surface area (Å²) in [5, 5.41) is 16.0. The number of nitrogens with zero attached hydrogens (tertiary/aromatic N) is 4. The van der Waals surface area contributed by atoms with Gasteiger partial charge in [-0.3, -0.25) is 4.79 Å². The lowest BCUT2D eigenvalue weighted by molar-refractivity contribution is 0.0593. The monoisotopic (exact) mass is 270 g/mol. The molecule has 0 aliphatic carbocycles. The highest BCUT2D eigenvalue weighted by Gasteiger charge is 2.13. The lowest BCUT2D eigenvalue weighted by Gasteiger charge is -2.00. The molecule has 0 saturated carbocycles. The summed E-state index contributed by atoms with van der Waals surface area (Å²) in [5.41, 5.74) is 0.981. The van der Waals surface area contributed by atoms with Crippen molar-refractivity contribution in [3.63, 3.8) is 0 Å². The summed E-state index contributed by atoms with van der Waals surface area (Å²) in [7, 11) is 1.24. The first-order valence-electron chi connectivity index (χ1n) is 5.66. The van der Waals surface area contributed by atoms with Crippen LogP contribution in [0.2, 0.25) is 0 Å². The van der Waals surface area contributed by atoms with Gasteiger partial charge in [0.2, 0.25) is 0 Å². The van der Waals surface area contributed by atoms with Crippen LogP contribution in [0.25, 0.3) is 0 Å². The number of hydrogen-bond donors (Lipinski definition) is 0. The topological polar surface area (TPSA) is 97.9 Å². The number of esters is 1. The minimum absolute atomic E-state index is 0.0418. The Morgan fingerprint density at radius 2 is 2.05 bits per heavy atom. The minimum atomic E-state index is -0.609. The number of ketones is 1. The molecule has 0 spiro atoms. The molecule has 1 aromatic carbocycles. The van der Waals surface area contributed by atoms with Crippen molar-refractivity contribution >= 4 is 11.8 Å². The number of carbonyl (C=O) groups excluding carboxylic acids is 2. The molecule has 100 valence electrons. The molecule has 0 fully saturated rings. The zero-order valence-electron chi connectivity index (χ0n) is 10.6. The Morgan fingerprint density at radius 3 is 2.65 bits per heavy atom. The van der Waals surface area contributed by atoms with Crippen LogP contribution in [0.4, 0.5) is 0 Å². The normalized spacial score (nSPS) is 9.80. The fourth-order valence-corrected chi connectivity index (χ4v) is 1.54. The fourth-order valence-electron chi connectivity index (χ4n) is 1.54. The molecule has 0 N–H and O–H groups in total. The summed E-state index contributed by atoms with van der Waals surface area (Å²) in [6.45, 7) is -0.0457. The van der Waals surface area contributed by atoms with Crippen LogP contribution in [0.1, 0.15) is 26.4 Å². The van der Waals surface area contributed by atoms with E-state index in [9.17, 15) is 9.59 Å². The second kappa shape index (κ2) is 5.75. The number of carbonyl (C=O) groups is 2. The van der Waals surface area contributed by atoms with Gasteiger partial charge in [-0.25, -0.2) is 9.48 Å². The first kappa shape index (κ1) is 13.4. The summed E-state index contributed by atoms with van der Waals surface area (Å²) in [6.07, 6.45) is 1.34. The Hall–Kier alpha value is -3.01.